The summed E-state index contributed by atoms with van der Waals surface area (Å²) in [6.07, 6.45) is 71.8. The second kappa shape index (κ2) is 53.7. The molecular weight excluding hydrogens is 827 g/mol. The number of hydrogen-bond donors (Lipinski definition) is 3. The van der Waals surface area contributed by atoms with Crippen LogP contribution in [0.25, 0.3) is 0 Å². The fraction of sp³-hybridized carbons (Fsp3) is 0.705. The van der Waals surface area contributed by atoms with Gasteiger partial charge < -0.3 is 20.3 Å². The van der Waals surface area contributed by atoms with E-state index in [1.807, 2.05) is 6.08 Å². The largest absolute Gasteiger partial charge is 0.462 e. The molecule has 1 amide bonds. The Kier molecular flexibility index (Phi) is 51.1. The van der Waals surface area contributed by atoms with Crippen molar-refractivity contribution in [2.24, 2.45) is 0 Å². The number of rotatable bonds is 49. The number of hydrogen-bond acceptors (Lipinski definition) is 5. The third kappa shape index (κ3) is 49.0. The average molecular weight is 933 g/mol. The third-order valence-corrected chi connectivity index (χ3v) is 12.2. The Balaban J connectivity index is 4.75. The number of unbranched alkanes of at least 4 members (excludes halogenated alkanes) is 24. The van der Waals surface area contributed by atoms with Crippen molar-refractivity contribution in [3.8, 4) is 0 Å². The topological polar surface area (TPSA) is 95.9 Å². The normalized spacial score (nSPS) is 13.9. The van der Waals surface area contributed by atoms with Crippen molar-refractivity contribution in [2.75, 3.05) is 6.61 Å². The van der Waals surface area contributed by atoms with E-state index in [-0.39, 0.29) is 24.9 Å². The Morgan fingerprint density at radius 2 is 0.821 bits per heavy atom. The van der Waals surface area contributed by atoms with Crippen LogP contribution in [0.15, 0.2) is 97.2 Å². The lowest BCUT2D eigenvalue weighted by atomic mass is 10.0. The second-order valence-corrected chi connectivity index (χ2v) is 18.7. The van der Waals surface area contributed by atoms with Gasteiger partial charge in [0.2, 0.25) is 5.91 Å². The summed E-state index contributed by atoms with van der Waals surface area (Å²) in [4.78, 5) is 26.2. The van der Waals surface area contributed by atoms with Crippen molar-refractivity contribution in [1.82, 2.24) is 5.32 Å². The predicted molar refractivity (Wildman–Crippen MR) is 291 cm³/mol. The first-order valence-electron chi connectivity index (χ1n) is 28.0. The zero-order chi connectivity index (χ0) is 48.8. The molecule has 0 saturated carbocycles. The second-order valence-electron chi connectivity index (χ2n) is 18.7. The Hall–Kier alpha value is -3.22. The molecular formula is C61H105NO5. The SMILES string of the molecule is CCCCC/C=C\C/C=C\C/C=C\C/C=C\CCCC(=O)OC(CCCCC/C=C/C=C/C=C/C=C/CCCCC)CC(=O)NC(CO)C(O)CCCCCCCCCCCCCCCCC. The van der Waals surface area contributed by atoms with E-state index in [9.17, 15) is 19.8 Å². The van der Waals surface area contributed by atoms with Gasteiger partial charge in [-0.1, -0.05) is 246 Å². The molecule has 0 aromatic rings. The summed E-state index contributed by atoms with van der Waals surface area (Å²) in [7, 11) is 0. The van der Waals surface area contributed by atoms with Gasteiger partial charge in [0.25, 0.3) is 0 Å². The number of nitrogens with one attached hydrogen (secondary N) is 1. The summed E-state index contributed by atoms with van der Waals surface area (Å²) in [6, 6.07) is -0.732. The first-order chi connectivity index (χ1) is 33.0. The number of aliphatic hydroxyl groups is 2. The molecule has 3 N–H and O–H groups in total. The Bertz CT molecular complexity index is 1320. The standard InChI is InChI=1S/C61H105NO5/c1-4-7-10-13-16-19-22-25-28-30-33-36-39-42-45-48-51-54-61(66)67-57(52-49-46-43-40-37-34-32-29-26-23-20-17-14-11-8-5-2)55-60(65)62-58(56-63)59(64)53-50-47-44-41-38-35-31-27-24-21-18-15-12-9-6-3/h16-17,19-20,23,25-26,28-29,32-34,36-37,42,45,57-59,63-64H,4-15,18,21-22,24,27,30-31,35,38-41,43-44,46-56H2,1-3H3,(H,62,65)/b19-16-,20-17+,26-23+,28-25-,32-29+,36-33-,37-34+,45-42-. The molecule has 0 fully saturated rings. The van der Waals surface area contributed by atoms with E-state index in [0.717, 1.165) is 77.0 Å². The summed E-state index contributed by atoms with van der Waals surface area (Å²) in [6.45, 7) is 6.40. The smallest absolute Gasteiger partial charge is 0.306 e. The maximum Gasteiger partial charge on any atom is 0.306 e. The summed E-state index contributed by atoms with van der Waals surface area (Å²) in [5, 5.41) is 23.8. The number of carbonyl (C=O) groups excluding carboxylic acids is 2. The molecule has 3 unspecified atom stereocenters. The monoisotopic (exact) mass is 932 g/mol. The van der Waals surface area contributed by atoms with E-state index in [1.165, 1.54) is 122 Å². The van der Waals surface area contributed by atoms with Crippen molar-refractivity contribution in [3.63, 3.8) is 0 Å². The van der Waals surface area contributed by atoms with Gasteiger partial charge in [0.05, 0.1) is 25.2 Å². The molecule has 67 heavy (non-hydrogen) atoms. The molecule has 0 rings (SSSR count). The van der Waals surface area contributed by atoms with Crippen LogP contribution in [0.3, 0.4) is 0 Å². The van der Waals surface area contributed by atoms with Crippen molar-refractivity contribution in [3.05, 3.63) is 97.2 Å². The zero-order valence-corrected chi connectivity index (χ0v) is 43.8. The molecule has 3 atom stereocenters. The quantitative estimate of drug-likeness (QED) is 0.0244. The fourth-order valence-corrected chi connectivity index (χ4v) is 7.96. The molecule has 384 valence electrons. The molecule has 0 saturated heterocycles. The molecule has 0 spiro atoms. The highest BCUT2D eigenvalue weighted by molar-refractivity contribution is 5.77. The number of allylic oxidation sites excluding steroid dienone is 16. The van der Waals surface area contributed by atoms with Crippen LogP contribution in [0.4, 0.5) is 0 Å². The summed E-state index contributed by atoms with van der Waals surface area (Å²) in [5.74, 6) is -0.583. The lowest BCUT2D eigenvalue weighted by Gasteiger charge is -2.24. The Morgan fingerprint density at radius 3 is 1.31 bits per heavy atom. The highest BCUT2D eigenvalue weighted by Crippen LogP contribution is 2.17. The van der Waals surface area contributed by atoms with Crippen molar-refractivity contribution >= 4 is 11.9 Å². The van der Waals surface area contributed by atoms with E-state index in [4.69, 9.17) is 4.74 Å². The van der Waals surface area contributed by atoms with Gasteiger partial charge in [-0.2, -0.15) is 0 Å². The Labute approximate surface area is 414 Å². The number of carbonyl (C=O) groups is 2. The average Bonchev–Trinajstić information content (AvgIpc) is 3.32. The van der Waals surface area contributed by atoms with Gasteiger partial charge in [-0.3, -0.25) is 9.59 Å². The van der Waals surface area contributed by atoms with Crippen molar-refractivity contribution < 1.29 is 24.5 Å². The summed E-state index contributed by atoms with van der Waals surface area (Å²) in [5.41, 5.74) is 0. The van der Waals surface area contributed by atoms with E-state index in [0.29, 0.717) is 25.7 Å². The van der Waals surface area contributed by atoms with Crippen LogP contribution in [0, 0.1) is 0 Å². The molecule has 0 bridgehead atoms. The minimum absolute atomic E-state index is 0.0250. The van der Waals surface area contributed by atoms with Gasteiger partial charge in [0.1, 0.15) is 6.10 Å². The molecule has 0 aliphatic rings. The molecule has 0 heterocycles. The molecule has 0 aromatic carbocycles. The van der Waals surface area contributed by atoms with Crippen LogP contribution in [-0.2, 0) is 14.3 Å². The molecule has 0 aliphatic carbocycles. The van der Waals surface area contributed by atoms with Crippen LogP contribution >= 0.6 is 0 Å². The molecule has 6 nitrogen and oxygen atoms in total. The van der Waals surface area contributed by atoms with Crippen molar-refractivity contribution in [2.45, 2.75) is 270 Å². The van der Waals surface area contributed by atoms with Gasteiger partial charge >= 0.3 is 5.97 Å². The van der Waals surface area contributed by atoms with E-state index < -0.39 is 18.2 Å². The van der Waals surface area contributed by atoms with E-state index >= 15 is 0 Å². The summed E-state index contributed by atoms with van der Waals surface area (Å²) >= 11 is 0. The first kappa shape index (κ1) is 63.8. The van der Waals surface area contributed by atoms with Gasteiger partial charge in [0.15, 0.2) is 0 Å². The van der Waals surface area contributed by atoms with Crippen LogP contribution < -0.4 is 5.32 Å². The van der Waals surface area contributed by atoms with E-state index in [2.05, 4.69) is 117 Å². The maximum absolute atomic E-state index is 13.2. The fourth-order valence-electron chi connectivity index (χ4n) is 7.96. The third-order valence-electron chi connectivity index (χ3n) is 12.2. The molecule has 0 aliphatic heterocycles. The van der Waals surface area contributed by atoms with Gasteiger partial charge in [-0.05, 0) is 89.9 Å². The van der Waals surface area contributed by atoms with Crippen molar-refractivity contribution in [1.29, 1.82) is 0 Å². The van der Waals surface area contributed by atoms with Crippen LogP contribution in [0.5, 0.6) is 0 Å². The maximum atomic E-state index is 13.2. The highest BCUT2D eigenvalue weighted by Gasteiger charge is 2.24. The minimum Gasteiger partial charge on any atom is -0.462 e. The lowest BCUT2D eigenvalue weighted by Crippen LogP contribution is -2.46. The lowest BCUT2D eigenvalue weighted by molar-refractivity contribution is -0.151. The highest BCUT2D eigenvalue weighted by atomic mass is 16.5. The van der Waals surface area contributed by atoms with Gasteiger partial charge in [0, 0.05) is 6.42 Å². The first-order valence-corrected chi connectivity index (χ1v) is 28.0. The number of amides is 1. The Morgan fingerprint density at radius 1 is 0.448 bits per heavy atom. The predicted octanol–water partition coefficient (Wildman–Crippen LogP) is 17.3. The number of esters is 1. The molecule has 6 heteroatoms. The zero-order valence-electron chi connectivity index (χ0n) is 43.8. The number of ether oxygens (including phenoxy) is 1. The number of aliphatic hydroxyl groups excluding tert-OH is 2. The van der Waals surface area contributed by atoms with Crippen LogP contribution in [-0.4, -0.2) is 46.9 Å². The van der Waals surface area contributed by atoms with Crippen LogP contribution in [0.2, 0.25) is 0 Å². The van der Waals surface area contributed by atoms with E-state index in [1.54, 1.807) is 0 Å². The molecule has 0 aromatic heterocycles. The van der Waals surface area contributed by atoms with Gasteiger partial charge in [-0.25, -0.2) is 0 Å². The van der Waals surface area contributed by atoms with Gasteiger partial charge in [-0.15, -0.1) is 0 Å². The minimum atomic E-state index is -0.814. The molecule has 0 radical (unpaired) electrons. The summed E-state index contributed by atoms with van der Waals surface area (Å²) < 4.78 is 5.91. The van der Waals surface area contributed by atoms with Crippen LogP contribution in [0.1, 0.15) is 252 Å².